The first-order valence-electron chi connectivity index (χ1n) is 7.63. The van der Waals surface area contributed by atoms with E-state index in [0.29, 0.717) is 6.04 Å². The molecule has 0 unspecified atom stereocenters. The summed E-state index contributed by atoms with van der Waals surface area (Å²) in [6, 6.07) is 8.56. The van der Waals surface area contributed by atoms with E-state index in [2.05, 4.69) is 44.4 Å². The molecule has 0 aliphatic heterocycles. The van der Waals surface area contributed by atoms with Crippen molar-refractivity contribution in [3.63, 3.8) is 0 Å². The van der Waals surface area contributed by atoms with E-state index >= 15 is 0 Å². The second-order valence-corrected chi connectivity index (χ2v) is 6.73. The van der Waals surface area contributed by atoms with E-state index in [9.17, 15) is 4.79 Å². The van der Waals surface area contributed by atoms with Crippen LogP contribution in [0.15, 0.2) is 34.9 Å². The van der Waals surface area contributed by atoms with E-state index in [0.717, 1.165) is 47.6 Å². The summed E-state index contributed by atoms with van der Waals surface area (Å²) in [6.07, 6.45) is 5.22. The summed E-state index contributed by atoms with van der Waals surface area (Å²) in [5, 5.41) is 13.7. The van der Waals surface area contributed by atoms with Crippen LogP contribution < -0.4 is 5.32 Å². The number of rotatable bonds is 4. The number of benzene rings is 1. The number of aliphatic carboxylic acids is 1. The number of carboxylic acid groups (broad SMARTS) is 1. The molecule has 0 spiro atoms. The third-order valence-corrected chi connectivity index (χ3v) is 5.15. The van der Waals surface area contributed by atoms with Crippen LogP contribution in [0.2, 0.25) is 0 Å². The molecule has 0 atom stereocenters. The van der Waals surface area contributed by atoms with E-state index in [1.54, 1.807) is 0 Å². The van der Waals surface area contributed by atoms with Crippen molar-refractivity contribution in [3.8, 4) is 0 Å². The maximum atomic E-state index is 11.0. The third-order valence-electron chi connectivity index (χ3n) is 4.46. The van der Waals surface area contributed by atoms with Crippen molar-refractivity contribution in [2.45, 2.75) is 38.3 Å². The number of hydrogen-bond acceptors (Lipinski definition) is 3. The van der Waals surface area contributed by atoms with Gasteiger partial charge < -0.3 is 10.4 Å². The Bertz CT molecular complexity index is 681. The monoisotopic (exact) mass is 362 g/mol. The van der Waals surface area contributed by atoms with Crippen molar-refractivity contribution in [3.05, 3.63) is 40.5 Å². The Morgan fingerprint density at radius 2 is 2.05 bits per heavy atom. The lowest BCUT2D eigenvalue weighted by Crippen LogP contribution is -2.34. The van der Waals surface area contributed by atoms with Crippen LogP contribution >= 0.6 is 15.9 Å². The largest absolute Gasteiger partial charge is 0.481 e. The first kappa shape index (κ1) is 15.4. The number of fused-ring (bicyclic) bond motifs is 1. The van der Waals surface area contributed by atoms with E-state index < -0.39 is 5.97 Å². The van der Waals surface area contributed by atoms with E-state index in [1.807, 2.05) is 12.3 Å². The third kappa shape index (κ3) is 3.31. The van der Waals surface area contributed by atoms with Crippen LogP contribution in [0.5, 0.6) is 0 Å². The highest BCUT2D eigenvalue weighted by Gasteiger charge is 2.25. The number of nitrogens with one attached hydrogen (secondary N) is 1. The number of halogens is 1. The molecule has 4 nitrogen and oxygen atoms in total. The summed E-state index contributed by atoms with van der Waals surface area (Å²) in [5.41, 5.74) is 2.20. The number of pyridine rings is 1. The van der Waals surface area contributed by atoms with Crippen LogP contribution in [0, 0.1) is 5.92 Å². The van der Waals surface area contributed by atoms with Crippen molar-refractivity contribution in [2.75, 3.05) is 0 Å². The minimum absolute atomic E-state index is 0.159. The first-order chi connectivity index (χ1) is 10.6. The molecule has 3 rings (SSSR count). The predicted octanol–water partition coefficient (Wildman–Crippen LogP) is 3.73. The fourth-order valence-electron chi connectivity index (χ4n) is 3.14. The zero-order valence-electron chi connectivity index (χ0n) is 12.3. The standard InChI is InChI=1S/C17H19BrN2O2/c18-15-8-5-12(16-14(15)2-1-9-19-16)10-20-13-6-3-11(4-7-13)17(21)22/h1-2,5,8-9,11,13,20H,3-4,6-7,10H2,(H,21,22). The van der Waals surface area contributed by atoms with Crippen LogP contribution in [0.25, 0.3) is 10.9 Å². The van der Waals surface area contributed by atoms with Gasteiger partial charge in [0.15, 0.2) is 0 Å². The molecule has 1 saturated carbocycles. The highest BCUT2D eigenvalue weighted by Crippen LogP contribution is 2.27. The van der Waals surface area contributed by atoms with Crippen molar-refractivity contribution in [1.29, 1.82) is 0 Å². The number of carbonyl (C=O) groups is 1. The fourth-order valence-corrected chi connectivity index (χ4v) is 3.59. The molecular formula is C17H19BrN2O2. The lowest BCUT2D eigenvalue weighted by atomic mass is 9.86. The molecule has 0 bridgehead atoms. The summed E-state index contributed by atoms with van der Waals surface area (Å²) in [4.78, 5) is 15.5. The molecule has 116 valence electrons. The van der Waals surface area contributed by atoms with Gasteiger partial charge in [0.25, 0.3) is 0 Å². The second kappa shape index (κ2) is 6.75. The van der Waals surface area contributed by atoms with E-state index in [4.69, 9.17) is 5.11 Å². The molecule has 1 aliphatic rings. The summed E-state index contributed by atoms with van der Waals surface area (Å²) >= 11 is 3.56. The van der Waals surface area contributed by atoms with Gasteiger partial charge in [-0.05, 0) is 43.4 Å². The lowest BCUT2D eigenvalue weighted by molar-refractivity contribution is -0.142. The van der Waals surface area contributed by atoms with Gasteiger partial charge in [-0.3, -0.25) is 9.78 Å². The van der Waals surface area contributed by atoms with Crippen molar-refractivity contribution >= 4 is 32.8 Å². The Morgan fingerprint density at radius 3 is 2.77 bits per heavy atom. The van der Waals surface area contributed by atoms with Gasteiger partial charge >= 0.3 is 5.97 Å². The Balaban J connectivity index is 1.65. The van der Waals surface area contributed by atoms with Gasteiger partial charge in [0.2, 0.25) is 0 Å². The van der Waals surface area contributed by atoms with E-state index in [-0.39, 0.29) is 5.92 Å². The summed E-state index contributed by atoms with van der Waals surface area (Å²) in [6.45, 7) is 0.767. The molecule has 1 fully saturated rings. The second-order valence-electron chi connectivity index (χ2n) is 5.87. The molecule has 0 saturated heterocycles. The van der Waals surface area contributed by atoms with Gasteiger partial charge in [0, 0.05) is 28.6 Å². The number of carboxylic acids is 1. The molecule has 22 heavy (non-hydrogen) atoms. The van der Waals surface area contributed by atoms with Crippen molar-refractivity contribution < 1.29 is 9.90 Å². The van der Waals surface area contributed by atoms with Crippen LogP contribution in [0.1, 0.15) is 31.2 Å². The zero-order valence-corrected chi connectivity index (χ0v) is 13.8. The highest BCUT2D eigenvalue weighted by molar-refractivity contribution is 9.10. The van der Waals surface area contributed by atoms with E-state index in [1.165, 1.54) is 5.56 Å². The van der Waals surface area contributed by atoms with Crippen LogP contribution in [-0.4, -0.2) is 22.1 Å². The SMILES string of the molecule is O=C(O)C1CCC(NCc2ccc(Br)c3cccnc23)CC1. The van der Waals surface area contributed by atoms with Crippen LogP contribution in [-0.2, 0) is 11.3 Å². The summed E-state index contributed by atoms with van der Waals surface area (Å²) in [5.74, 6) is -0.810. The summed E-state index contributed by atoms with van der Waals surface area (Å²) in [7, 11) is 0. The Hall–Kier alpha value is -1.46. The zero-order chi connectivity index (χ0) is 15.5. The van der Waals surface area contributed by atoms with Crippen LogP contribution in [0.4, 0.5) is 0 Å². The fraction of sp³-hybridized carbons (Fsp3) is 0.412. The smallest absolute Gasteiger partial charge is 0.306 e. The maximum Gasteiger partial charge on any atom is 0.306 e. The topological polar surface area (TPSA) is 62.2 Å². The molecule has 0 amide bonds. The van der Waals surface area contributed by atoms with Gasteiger partial charge in [-0.1, -0.05) is 28.1 Å². The summed E-state index contributed by atoms with van der Waals surface area (Å²) < 4.78 is 1.06. The molecule has 2 N–H and O–H groups in total. The van der Waals surface area contributed by atoms with Crippen molar-refractivity contribution in [1.82, 2.24) is 10.3 Å². The average Bonchev–Trinajstić information content (AvgIpc) is 2.55. The molecule has 1 aliphatic carbocycles. The Morgan fingerprint density at radius 1 is 1.27 bits per heavy atom. The molecule has 2 aromatic rings. The molecule has 1 aromatic heterocycles. The van der Waals surface area contributed by atoms with Gasteiger partial charge in [-0.15, -0.1) is 0 Å². The number of aromatic nitrogens is 1. The molecule has 5 heteroatoms. The average molecular weight is 363 g/mol. The Kier molecular flexibility index (Phi) is 4.74. The molecule has 0 radical (unpaired) electrons. The van der Waals surface area contributed by atoms with Gasteiger partial charge in [-0.2, -0.15) is 0 Å². The lowest BCUT2D eigenvalue weighted by Gasteiger charge is -2.27. The van der Waals surface area contributed by atoms with Crippen LogP contribution in [0.3, 0.4) is 0 Å². The predicted molar refractivity (Wildman–Crippen MR) is 89.7 cm³/mol. The minimum atomic E-state index is -0.651. The molecule has 1 heterocycles. The Labute approximate surface area is 138 Å². The number of nitrogens with zero attached hydrogens (tertiary/aromatic N) is 1. The highest BCUT2D eigenvalue weighted by atomic mass is 79.9. The minimum Gasteiger partial charge on any atom is -0.481 e. The number of hydrogen-bond donors (Lipinski definition) is 2. The quantitative estimate of drug-likeness (QED) is 0.869. The van der Waals surface area contributed by atoms with Crippen molar-refractivity contribution in [2.24, 2.45) is 5.92 Å². The van der Waals surface area contributed by atoms with Gasteiger partial charge in [0.05, 0.1) is 11.4 Å². The first-order valence-corrected chi connectivity index (χ1v) is 8.42. The van der Waals surface area contributed by atoms with Gasteiger partial charge in [-0.25, -0.2) is 0 Å². The van der Waals surface area contributed by atoms with Gasteiger partial charge in [0.1, 0.15) is 0 Å². The normalized spacial score (nSPS) is 21.9. The molecular weight excluding hydrogens is 344 g/mol. The maximum absolute atomic E-state index is 11.0. The molecule has 1 aromatic carbocycles.